The summed E-state index contributed by atoms with van der Waals surface area (Å²) in [6.07, 6.45) is 1.81. The summed E-state index contributed by atoms with van der Waals surface area (Å²) < 4.78 is 0. The van der Waals surface area contributed by atoms with Crippen molar-refractivity contribution in [1.29, 1.82) is 0 Å². The normalized spacial score (nSPS) is 24.5. The number of carbonyl (C=O) groups excluding carboxylic acids is 1. The van der Waals surface area contributed by atoms with Crippen molar-refractivity contribution in [2.24, 2.45) is 22.4 Å². The first kappa shape index (κ1) is 9.83. The predicted molar refractivity (Wildman–Crippen MR) is 51.0 cm³/mol. The Hall–Kier alpha value is -1.26. The van der Waals surface area contributed by atoms with E-state index >= 15 is 0 Å². The van der Waals surface area contributed by atoms with Crippen LogP contribution in [0.3, 0.4) is 0 Å². The second-order valence-corrected chi connectivity index (χ2v) is 3.27. The van der Waals surface area contributed by atoms with Gasteiger partial charge in [-0.05, 0) is 12.8 Å². The Labute approximate surface area is 77.8 Å². The number of carbonyl (C=O) groups is 1. The number of primary amides is 1. The van der Waals surface area contributed by atoms with Crippen LogP contribution in [-0.2, 0) is 4.79 Å². The van der Waals surface area contributed by atoms with Crippen LogP contribution in [0.1, 0.15) is 12.8 Å². The van der Waals surface area contributed by atoms with Crippen molar-refractivity contribution in [1.82, 2.24) is 4.90 Å². The van der Waals surface area contributed by atoms with E-state index < -0.39 is 0 Å². The fourth-order valence-electron chi connectivity index (χ4n) is 1.56. The molecule has 0 aliphatic carbocycles. The van der Waals surface area contributed by atoms with Gasteiger partial charge in [-0.1, -0.05) is 0 Å². The van der Waals surface area contributed by atoms with Crippen LogP contribution in [0.2, 0.25) is 0 Å². The third kappa shape index (κ3) is 2.34. The van der Waals surface area contributed by atoms with Gasteiger partial charge in [-0.15, -0.1) is 0 Å². The van der Waals surface area contributed by atoms with E-state index in [0.717, 1.165) is 19.4 Å². The number of nitrogens with zero attached hydrogens (tertiary/aromatic N) is 2. The molecule has 1 aliphatic rings. The average molecular weight is 184 g/mol. The van der Waals surface area contributed by atoms with Crippen molar-refractivity contribution in [2.45, 2.75) is 12.8 Å². The largest absolute Gasteiger partial charge is 0.370 e. The molecule has 5 heteroatoms. The zero-order valence-electron chi connectivity index (χ0n) is 7.86. The zero-order chi connectivity index (χ0) is 9.84. The van der Waals surface area contributed by atoms with Crippen molar-refractivity contribution >= 4 is 11.9 Å². The molecular weight excluding hydrogens is 168 g/mol. The van der Waals surface area contributed by atoms with Crippen molar-refractivity contribution in [3.8, 4) is 0 Å². The number of piperidine rings is 1. The van der Waals surface area contributed by atoms with Crippen molar-refractivity contribution in [2.75, 3.05) is 20.1 Å². The van der Waals surface area contributed by atoms with E-state index in [1.807, 2.05) is 4.90 Å². The Bertz CT molecular complexity index is 226. The second-order valence-electron chi connectivity index (χ2n) is 3.27. The minimum Gasteiger partial charge on any atom is -0.370 e. The van der Waals surface area contributed by atoms with Gasteiger partial charge in [-0.2, -0.15) is 0 Å². The van der Waals surface area contributed by atoms with E-state index in [0.29, 0.717) is 12.5 Å². The summed E-state index contributed by atoms with van der Waals surface area (Å²) >= 11 is 0. The maximum absolute atomic E-state index is 10.9. The third-order valence-electron chi connectivity index (χ3n) is 2.38. The number of rotatable bonds is 1. The minimum absolute atomic E-state index is 0.0750. The topological polar surface area (TPSA) is 84.7 Å². The molecule has 74 valence electrons. The monoisotopic (exact) mass is 184 g/mol. The Balaban J connectivity index is 2.56. The van der Waals surface area contributed by atoms with Crippen LogP contribution in [0.15, 0.2) is 4.99 Å². The summed E-state index contributed by atoms with van der Waals surface area (Å²) in [6, 6.07) is 0. The van der Waals surface area contributed by atoms with Crippen molar-refractivity contribution in [3.63, 3.8) is 0 Å². The Morgan fingerprint density at radius 1 is 1.54 bits per heavy atom. The second kappa shape index (κ2) is 4.11. The van der Waals surface area contributed by atoms with E-state index in [1.54, 1.807) is 7.05 Å². The van der Waals surface area contributed by atoms with Gasteiger partial charge in [-0.3, -0.25) is 9.79 Å². The molecule has 0 saturated carbocycles. The highest BCUT2D eigenvalue weighted by molar-refractivity contribution is 5.81. The number of aliphatic imine (C=N–C) groups is 1. The summed E-state index contributed by atoms with van der Waals surface area (Å²) in [7, 11) is 1.64. The number of likely N-dealkylation sites (tertiary alicyclic amines) is 1. The van der Waals surface area contributed by atoms with Crippen LogP contribution in [0.5, 0.6) is 0 Å². The Kier molecular flexibility index (Phi) is 3.11. The lowest BCUT2D eigenvalue weighted by Crippen LogP contribution is -2.47. The SMILES string of the molecule is CN=C(N)N1CCCC(C(N)=O)C1. The Morgan fingerprint density at radius 2 is 2.23 bits per heavy atom. The number of hydrogen-bond acceptors (Lipinski definition) is 2. The third-order valence-corrected chi connectivity index (χ3v) is 2.38. The van der Waals surface area contributed by atoms with Crippen molar-refractivity contribution in [3.05, 3.63) is 0 Å². The molecule has 1 aliphatic heterocycles. The van der Waals surface area contributed by atoms with Gasteiger partial charge in [0.2, 0.25) is 5.91 Å². The highest BCUT2D eigenvalue weighted by Gasteiger charge is 2.24. The van der Waals surface area contributed by atoms with Gasteiger partial charge in [0, 0.05) is 20.1 Å². The van der Waals surface area contributed by atoms with Gasteiger partial charge < -0.3 is 16.4 Å². The highest BCUT2D eigenvalue weighted by atomic mass is 16.1. The molecule has 13 heavy (non-hydrogen) atoms. The van der Waals surface area contributed by atoms with Gasteiger partial charge >= 0.3 is 0 Å². The van der Waals surface area contributed by atoms with E-state index in [-0.39, 0.29) is 11.8 Å². The summed E-state index contributed by atoms with van der Waals surface area (Å²) in [4.78, 5) is 16.7. The lowest BCUT2D eigenvalue weighted by molar-refractivity contribution is -0.122. The molecule has 1 atom stereocenters. The van der Waals surface area contributed by atoms with E-state index in [4.69, 9.17) is 11.5 Å². The summed E-state index contributed by atoms with van der Waals surface area (Å²) in [5.74, 6) is 0.175. The first-order chi connectivity index (χ1) is 6.15. The molecule has 0 aromatic rings. The quantitative estimate of drug-likeness (QED) is 0.410. The van der Waals surface area contributed by atoms with Crippen LogP contribution in [0, 0.1) is 5.92 Å². The lowest BCUT2D eigenvalue weighted by Gasteiger charge is -2.31. The molecule has 1 saturated heterocycles. The van der Waals surface area contributed by atoms with Crippen LogP contribution in [0.4, 0.5) is 0 Å². The lowest BCUT2D eigenvalue weighted by atomic mass is 9.98. The molecule has 4 N–H and O–H groups in total. The van der Waals surface area contributed by atoms with Crippen LogP contribution >= 0.6 is 0 Å². The predicted octanol–water partition coefficient (Wildman–Crippen LogP) is -0.872. The summed E-state index contributed by atoms with van der Waals surface area (Å²) in [5, 5.41) is 0. The van der Waals surface area contributed by atoms with Gasteiger partial charge in [0.25, 0.3) is 0 Å². The first-order valence-electron chi connectivity index (χ1n) is 4.41. The van der Waals surface area contributed by atoms with Crippen LogP contribution < -0.4 is 11.5 Å². The summed E-state index contributed by atoms with van der Waals surface area (Å²) in [6.45, 7) is 1.48. The van der Waals surface area contributed by atoms with Gasteiger partial charge in [-0.25, -0.2) is 0 Å². The van der Waals surface area contributed by atoms with E-state index in [2.05, 4.69) is 4.99 Å². The Morgan fingerprint density at radius 3 is 2.77 bits per heavy atom. The molecular formula is C8H16N4O. The standard InChI is InChI=1S/C8H16N4O/c1-11-8(10)12-4-2-3-6(5-12)7(9)13/h6H,2-5H2,1H3,(H2,9,13)(H2,10,11). The number of guanidine groups is 1. The molecule has 1 unspecified atom stereocenters. The molecule has 1 rings (SSSR count). The molecule has 1 amide bonds. The fourth-order valence-corrected chi connectivity index (χ4v) is 1.56. The molecule has 0 radical (unpaired) electrons. The fraction of sp³-hybridized carbons (Fsp3) is 0.750. The summed E-state index contributed by atoms with van der Waals surface area (Å²) in [5.41, 5.74) is 10.9. The zero-order valence-corrected chi connectivity index (χ0v) is 7.86. The number of nitrogens with two attached hydrogens (primary N) is 2. The number of hydrogen-bond donors (Lipinski definition) is 2. The average Bonchev–Trinajstić information content (AvgIpc) is 2.17. The van der Waals surface area contributed by atoms with E-state index in [1.165, 1.54) is 0 Å². The van der Waals surface area contributed by atoms with Gasteiger partial charge in [0.15, 0.2) is 5.96 Å². The number of amides is 1. The molecule has 0 aromatic heterocycles. The molecule has 0 aromatic carbocycles. The first-order valence-corrected chi connectivity index (χ1v) is 4.41. The van der Waals surface area contributed by atoms with Gasteiger partial charge in [0.05, 0.1) is 5.92 Å². The molecule has 1 heterocycles. The van der Waals surface area contributed by atoms with Crippen LogP contribution in [-0.4, -0.2) is 36.9 Å². The maximum atomic E-state index is 10.9. The van der Waals surface area contributed by atoms with E-state index in [9.17, 15) is 4.79 Å². The molecule has 0 spiro atoms. The molecule has 1 fully saturated rings. The molecule has 0 bridgehead atoms. The van der Waals surface area contributed by atoms with Crippen molar-refractivity contribution < 1.29 is 4.79 Å². The van der Waals surface area contributed by atoms with Crippen LogP contribution in [0.25, 0.3) is 0 Å². The minimum atomic E-state index is -0.242. The van der Waals surface area contributed by atoms with Gasteiger partial charge in [0.1, 0.15) is 0 Å². The maximum Gasteiger partial charge on any atom is 0.222 e. The molecule has 5 nitrogen and oxygen atoms in total. The smallest absolute Gasteiger partial charge is 0.222 e. The highest BCUT2D eigenvalue weighted by Crippen LogP contribution is 2.15.